The lowest BCUT2D eigenvalue weighted by molar-refractivity contribution is -0.121. The molecule has 0 radical (unpaired) electrons. The van der Waals surface area contributed by atoms with Crippen molar-refractivity contribution in [1.29, 1.82) is 0 Å². The zero-order chi connectivity index (χ0) is 13.5. The fourth-order valence-electron chi connectivity index (χ4n) is 4.36. The highest BCUT2D eigenvalue weighted by Crippen LogP contribution is 2.47. The molecule has 3 nitrogen and oxygen atoms in total. The average Bonchev–Trinajstić information content (AvgIpc) is 3.09. The van der Waals surface area contributed by atoms with Crippen molar-refractivity contribution in [2.24, 2.45) is 5.92 Å². The molecule has 1 amide bonds. The maximum absolute atomic E-state index is 12.4. The second-order valence-corrected chi connectivity index (χ2v) is 7.37. The molecule has 3 aliphatic rings. The zero-order valence-corrected chi connectivity index (χ0v) is 12.6. The molecule has 1 saturated carbocycles. The summed E-state index contributed by atoms with van der Waals surface area (Å²) in [4.78, 5) is 16.4. The first-order chi connectivity index (χ1) is 9.84. The molecule has 1 aromatic heterocycles. The lowest BCUT2D eigenvalue weighted by atomic mass is 9.82. The second kappa shape index (κ2) is 5.15. The molecule has 1 aliphatic carbocycles. The Balaban J connectivity index is 1.74. The predicted octanol–water partition coefficient (Wildman–Crippen LogP) is 3.79. The van der Waals surface area contributed by atoms with Gasteiger partial charge in [-0.3, -0.25) is 9.69 Å². The molecule has 2 aliphatic heterocycles. The maximum Gasteiger partial charge on any atom is 0.241 e. The molecule has 1 aromatic rings. The number of anilines is 1. The van der Waals surface area contributed by atoms with Crippen LogP contribution in [0.25, 0.3) is 0 Å². The topological polar surface area (TPSA) is 32.3 Å². The molecule has 3 heterocycles. The molecule has 20 heavy (non-hydrogen) atoms. The Bertz CT molecular complexity index is 506. The molecule has 4 heteroatoms. The van der Waals surface area contributed by atoms with E-state index in [0.717, 1.165) is 24.6 Å². The van der Waals surface area contributed by atoms with E-state index in [9.17, 15) is 4.79 Å². The Morgan fingerprint density at radius 2 is 2.00 bits per heavy atom. The highest BCUT2D eigenvalue weighted by atomic mass is 32.1. The lowest BCUT2D eigenvalue weighted by Crippen LogP contribution is -2.41. The van der Waals surface area contributed by atoms with E-state index in [-0.39, 0.29) is 11.9 Å². The van der Waals surface area contributed by atoms with Crippen LogP contribution in [0.5, 0.6) is 0 Å². The number of nitrogens with zero attached hydrogens (tertiary/aromatic N) is 1. The first-order valence-corrected chi connectivity index (χ1v) is 8.86. The minimum atomic E-state index is 0.113. The summed E-state index contributed by atoms with van der Waals surface area (Å²) in [5.41, 5.74) is 1.09. The number of thiophene rings is 1. The third kappa shape index (κ3) is 2.01. The first kappa shape index (κ1) is 12.8. The van der Waals surface area contributed by atoms with Crippen molar-refractivity contribution < 1.29 is 4.79 Å². The molecular weight excluding hydrogens is 268 g/mol. The van der Waals surface area contributed by atoms with Crippen molar-refractivity contribution in [2.75, 3.05) is 11.9 Å². The van der Waals surface area contributed by atoms with Crippen molar-refractivity contribution in [3.05, 3.63) is 16.3 Å². The van der Waals surface area contributed by atoms with Crippen molar-refractivity contribution >= 4 is 22.9 Å². The number of carbonyl (C=O) groups excluding carboxylic acids is 1. The van der Waals surface area contributed by atoms with Gasteiger partial charge in [-0.05, 0) is 49.6 Å². The van der Waals surface area contributed by atoms with Gasteiger partial charge >= 0.3 is 0 Å². The van der Waals surface area contributed by atoms with Gasteiger partial charge < -0.3 is 5.32 Å². The zero-order valence-electron chi connectivity index (χ0n) is 11.8. The van der Waals surface area contributed by atoms with Crippen LogP contribution in [0.3, 0.4) is 0 Å². The SMILES string of the molecule is O=C1Nc2ccsc2[C@H](C2CCCCC2)N2CCC[C@@H]12. The van der Waals surface area contributed by atoms with Gasteiger partial charge in [0.15, 0.2) is 0 Å². The van der Waals surface area contributed by atoms with Crippen LogP contribution in [0.1, 0.15) is 55.9 Å². The minimum Gasteiger partial charge on any atom is -0.324 e. The minimum absolute atomic E-state index is 0.113. The van der Waals surface area contributed by atoms with Crippen LogP contribution in [-0.2, 0) is 4.79 Å². The number of hydrogen-bond donors (Lipinski definition) is 1. The average molecular weight is 290 g/mol. The fourth-order valence-corrected chi connectivity index (χ4v) is 5.42. The van der Waals surface area contributed by atoms with E-state index in [1.165, 1.54) is 43.4 Å². The molecular formula is C16H22N2OS. The Hall–Kier alpha value is -0.870. The molecule has 0 bridgehead atoms. The van der Waals surface area contributed by atoms with Crippen molar-refractivity contribution in [3.63, 3.8) is 0 Å². The number of carbonyl (C=O) groups is 1. The third-order valence-corrected chi connectivity index (χ3v) is 6.26. The van der Waals surface area contributed by atoms with Gasteiger partial charge in [0.2, 0.25) is 5.91 Å². The summed E-state index contributed by atoms with van der Waals surface area (Å²) in [6, 6.07) is 2.69. The molecule has 0 spiro atoms. The van der Waals surface area contributed by atoms with Gasteiger partial charge in [-0.1, -0.05) is 19.3 Å². The smallest absolute Gasteiger partial charge is 0.241 e. The highest BCUT2D eigenvalue weighted by molar-refractivity contribution is 7.10. The molecule has 1 N–H and O–H groups in total. The molecule has 2 fully saturated rings. The molecule has 2 atom stereocenters. The van der Waals surface area contributed by atoms with Gasteiger partial charge in [0.1, 0.15) is 0 Å². The van der Waals surface area contributed by atoms with E-state index < -0.39 is 0 Å². The summed E-state index contributed by atoms with van der Waals surface area (Å²) < 4.78 is 0. The number of nitrogens with one attached hydrogen (secondary N) is 1. The van der Waals surface area contributed by atoms with Crippen LogP contribution < -0.4 is 5.32 Å². The largest absolute Gasteiger partial charge is 0.324 e. The van der Waals surface area contributed by atoms with Gasteiger partial charge in [-0.15, -0.1) is 11.3 Å². The van der Waals surface area contributed by atoms with Gasteiger partial charge in [-0.2, -0.15) is 0 Å². The molecule has 0 unspecified atom stereocenters. The standard InChI is InChI=1S/C16H22N2OS/c19-16-13-7-4-9-18(13)14(11-5-2-1-3-6-11)15-12(17-16)8-10-20-15/h8,10-11,13-14H,1-7,9H2,(H,17,19)/t13-,14-/m0/s1. The van der Waals surface area contributed by atoms with Crippen LogP contribution in [0.2, 0.25) is 0 Å². The molecule has 108 valence electrons. The molecule has 4 rings (SSSR count). The van der Waals surface area contributed by atoms with Crippen LogP contribution in [0.4, 0.5) is 5.69 Å². The summed E-state index contributed by atoms with van der Waals surface area (Å²) in [6.45, 7) is 1.09. The van der Waals surface area contributed by atoms with Crippen molar-refractivity contribution in [3.8, 4) is 0 Å². The van der Waals surface area contributed by atoms with Crippen molar-refractivity contribution in [1.82, 2.24) is 4.90 Å². The van der Waals surface area contributed by atoms with Crippen LogP contribution >= 0.6 is 11.3 Å². The van der Waals surface area contributed by atoms with E-state index in [1.807, 2.05) is 11.3 Å². The van der Waals surface area contributed by atoms with E-state index in [0.29, 0.717) is 6.04 Å². The van der Waals surface area contributed by atoms with E-state index in [4.69, 9.17) is 0 Å². The summed E-state index contributed by atoms with van der Waals surface area (Å²) in [7, 11) is 0. The second-order valence-electron chi connectivity index (χ2n) is 6.43. The monoisotopic (exact) mass is 290 g/mol. The Labute approximate surface area is 124 Å². The Morgan fingerprint density at radius 1 is 1.15 bits per heavy atom. The Morgan fingerprint density at radius 3 is 2.85 bits per heavy atom. The fraction of sp³-hybridized carbons (Fsp3) is 0.688. The molecule has 1 saturated heterocycles. The normalized spacial score (nSPS) is 31.5. The maximum atomic E-state index is 12.4. The first-order valence-electron chi connectivity index (χ1n) is 7.98. The lowest BCUT2D eigenvalue weighted by Gasteiger charge is -2.37. The summed E-state index contributed by atoms with van der Waals surface area (Å²) in [6.07, 6.45) is 8.98. The van der Waals surface area contributed by atoms with Crippen LogP contribution in [-0.4, -0.2) is 23.4 Å². The Kier molecular flexibility index (Phi) is 3.31. The van der Waals surface area contributed by atoms with Crippen molar-refractivity contribution in [2.45, 2.75) is 57.0 Å². The number of amides is 1. The van der Waals surface area contributed by atoms with Gasteiger partial charge in [0.05, 0.1) is 11.7 Å². The van der Waals surface area contributed by atoms with Gasteiger partial charge in [0.25, 0.3) is 0 Å². The summed E-state index contributed by atoms with van der Waals surface area (Å²) in [5, 5.41) is 5.31. The van der Waals surface area contributed by atoms with Crippen LogP contribution in [0.15, 0.2) is 11.4 Å². The van der Waals surface area contributed by atoms with Crippen LogP contribution in [0, 0.1) is 5.92 Å². The van der Waals surface area contributed by atoms with Gasteiger partial charge in [0, 0.05) is 10.9 Å². The van der Waals surface area contributed by atoms with E-state index in [1.54, 1.807) is 0 Å². The highest BCUT2D eigenvalue weighted by Gasteiger charge is 2.43. The van der Waals surface area contributed by atoms with E-state index >= 15 is 0 Å². The third-order valence-electron chi connectivity index (χ3n) is 5.27. The van der Waals surface area contributed by atoms with E-state index in [2.05, 4.69) is 21.7 Å². The predicted molar refractivity (Wildman–Crippen MR) is 82.0 cm³/mol. The number of fused-ring (bicyclic) bond motifs is 2. The summed E-state index contributed by atoms with van der Waals surface area (Å²) in [5.74, 6) is 0.968. The van der Waals surface area contributed by atoms with Gasteiger partial charge in [-0.25, -0.2) is 0 Å². The quantitative estimate of drug-likeness (QED) is 0.853. The number of rotatable bonds is 1. The molecule has 0 aromatic carbocycles. The summed E-state index contributed by atoms with van der Waals surface area (Å²) >= 11 is 1.84. The number of hydrogen-bond acceptors (Lipinski definition) is 3.